The highest BCUT2D eigenvalue weighted by Gasteiger charge is 2.20. The van der Waals surface area contributed by atoms with E-state index in [0.29, 0.717) is 36.3 Å². The number of piperazine rings is 1. The fraction of sp³-hybridized carbons (Fsp3) is 0.259. The highest BCUT2D eigenvalue weighted by molar-refractivity contribution is 5.94. The summed E-state index contributed by atoms with van der Waals surface area (Å²) in [5.74, 6) is 0.127. The number of pyridine rings is 1. The topological polar surface area (TPSA) is 110 Å². The molecule has 0 unspecified atom stereocenters. The van der Waals surface area contributed by atoms with Crippen LogP contribution >= 0.6 is 0 Å². The maximum Gasteiger partial charge on any atom is 0.181 e. The van der Waals surface area contributed by atoms with Crippen LogP contribution in [0.1, 0.15) is 11.4 Å². The summed E-state index contributed by atoms with van der Waals surface area (Å²) in [7, 11) is 0. The molecule has 5 rings (SSSR count). The van der Waals surface area contributed by atoms with Gasteiger partial charge >= 0.3 is 0 Å². The zero-order valence-electron chi connectivity index (χ0n) is 21.7. The number of rotatable bonds is 8. The van der Waals surface area contributed by atoms with Crippen LogP contribution in [0.15, 0.2) is 64.6 Å². The van der Waals surface area contributed by atoms with Crippen LogP contribution in [0.5, 0.6) is 5.75 Å². The van der Waals surface area contributed by atoms with Crippen molar-refractivity contribution < 1.29 is 13.5 Å². The molecule has 1 aliphatic rings. The summed E-state index contributed by atoms with van der Waals surface area (Å²) >= 11 is 0. The number of hydrogen-bond acceptors (Lipinski definition) is 7. The highest BCUT2D eigenvalue weighted by atomic mass is 19.1. The van der Waals surface area contributed by atoms with E-state index in [-0.39, 0.29) is 23.4 Å². The monoisotopic (exact) mass is 533 g/mol. The number of fused-ring (bicyclic) bond motifs is 1. The average Bonchev–Trinajstić information content (AvgIpc) is 3.56. The Balaban J connectivity index is 1.37. The van der Waals surface area contributed by atoms with Crippen molar-refractivity contribution in [2.75, 3.05) is 43.1 Å². The van der Waals surface area contributed by atoms with Gasteiger partial charge in [-0.1, -0.05) is 0 Å². The summed E-state index contributed by atoms with van der Waals surface area (Å²) in [4.78, 5) is 19.9. The number of aryl methyl sites for hydroxylation is 2. The maximum absolute atomic E-state index is 15.0. The minimum Gasteiger partial charge on any atom is -0.468 e. The minimum absolute atomic E-state index is 0.109. The van der Waals surface area contributed by atoms with E-state index in [9.17, 15) is 4.39 Å². The third-order valence-electron chi connectivity index (χ3n) is 6.38. The average molecular weight is 534 g/mol. The summed E-state index contributed by atoms with van der Waals surface area (Å²) < 4.78 is 35.2. The van der Waals surface area contributed by atoms with E-state index in [1.807, 2.05) is 25.1 Å². The van der Waals surface area contributed by atoms with Crippen molar-refractivity contribution in [2.24, 2.45) is 9.98 Å². The van der Waals surface area contributed by atoms with E-state index in [1.54, 1.807) is 31.5 Å². The Morgan fingerprint density at radius 2 is 1.90 bits per heavy atom. The van der Waals surface area contributed by atoms with Crippen molar-refractivity contribution in [3.8, 4) is 5.75 Å². The van der Waals surface area contributed by atoms with Gasteiger partial charge in [0.25, 0.3) is 0 Å². The zero-order valence-corrected chi connectivity index (χ0v) is 21.7. The molecular formula is C27H29F2N9O. The van der Waals surface area contributed by atoms with Crippen LogP contribution in [0.4, 0.5) is 20.3 Å². The first kappa shape index (κ1) is 25.9. The van der Waals surface area contributed by atoms with Gasteiger partial charge in [0.2, 0.25) is 0 Å². The van der Waals surface area contributed by atoms with Crippen molar-refractivity contribution in [1.82, 2.24) is 25.1 Å². The Bertz CT molecular complexity index is 1520. The number of aromatic amines is 2. The van der Waals surface area contributed by atoms with Gasteiger partial charge in [-0.25, -0.2) is 18.8 Å². The van der Waals surface area contributed by atoms with Crippen LogP contribution in [-0.4, -0.2) is 70.5 Å². The van der Waals surface area contributed by atoms with Gasteiger partial charge in [-0.3, -0.25) is 10.1 Å². The Hall–Kier alpha value is -4.74. The Labute approximate surface area is 224 Å². The number of hydrogen-bond donors (Lipinski definition) is 3. The Kier molecular flexibility index (Phi) is 7.53. The Morgan fingerprint density at radius 1 is 1.13 bits per heavy atom. The molecule has 1 aliphatic heterocycles. The minimum atomic E-state index is -0.641. The second-order valence-electron chi connectivity index (χ2n) is 9.13. The first-order valence-corrected chi connectivity index (χ1v) is 12.4. The van der Waals surface area contributed by atoms with Crippen molar-refractivity contribution in [3.63, 3.8) is 0 Å². The number of nitrogens with one attached hydrogen (secondary N) is 3. The van der Waals surface area contributed by atoms with Gasteiger partial charge in [0.15, 0.2) is 29.9 Å². The standard InChI is InChI=1S/C27H29F2N9O/c1-17-12-20-26(29)22(14-21(28)27(20)33-17)39-16-32-25(15-23(30-3)34-24-13-18(2)35-36-24)38-10-8-37(9-11-38)19-4-6-31-7-5-19/h4-7,12-15,33H,3,8-11,16H2,1-2H3,(H2,34,35,36)/b23-15+,32-25+. The lowest BCUT2D eigenvalue weighted by atomic mass is 10.2. The molecule has 0 spiro atoms. The van der Waals surface area contributed by atoms with Gasteiger partial charge < -0.3 is 24.8 Å². The quantitative estimate of drug-likeness (QED) is 0.229. The molecule has 10 nitrogen and oxygen atoms in total. The SMILES string of the molecule is C=N/C(=C\C(=N/COc1cc(F)c2[nH]c(C)cc2c1F)N1CCN(c2ccncc2)CC1)Nc1cc(C)[nH]n1. The summed E-state index contributed by atoms with van der Waals surface area (Å²) in [6.45, 7) is 9.91. The molecule has 39 heavy (non-hydrogen) atoms. The molecule has 3 aromatic heterocycles. The number of aromatic nitrogens is 4. The molecule has 1 fully saturated rings. The number of ether oxygens (including phenoxy) is 1. The van der Waals surface area contributed by atoms with Crippen LogP contribution in [0, 0.1) is 25.5 Å². The highest BCUT2D eigenvalue weighted by Crippen LogP contribution is 2.29. The van der Waals surface area contributed by atoms with E-state index in [0.717, 1.165) is 30.5 Å². The molecule has 0 atom stereocenters. The van der Waals surface area contributed by atoms with Gasteiger partial charge in [-0.15, -0.1) is 0 Å². The summed E-state index contributed by atoms with van der Waals surface area (Å²) in [5.41, 5.74) is 2.75. The summed E-state index contributed by atoms with van der Waals surface area (Å²) in [6, 6.07) is 8.37. The zero-order chi connectivity index (χ0) is 27.4. The predicted octanol–water partition coefficient (Wildman–Crippen LogP) is 4.39. The van der Waals surface area contributed by atoms with Gasteiger partial charge in [0.05, 0.1) is 5.52 Å². The maximum atomic E-state index is 15.0. The molecule has 4 heterocycles. The van der Waals surface area contributed by atoms with Crippen LogP contribution in [0.25, 0.3) is 10.9 Å². The number of H-pyrrole nitrogens is 2. The lowest BCUT2D eigenvalue weighted by Gasteiger charge is -2.37. The molecule has 0 aliphatic carbocycles. The first-order chi connectivity index (χ1) is 18.9. The number of aliphatic imine (C=N–C) groups is 2. The van der Waals surface area contributed by atoms with Gasteiger partial charge in [0, 0.05) is 79.2 Å². The van der Waals surface area contributed by atoms with Crippen LogP contribution in [0.2, 0.25) is 0 Å². The van der Waals surface area contributed by atoms with Gasteiger partial charge in [-0.2, -0.15) is 5.10 Å². The number of nitrogens with zero attached hydrogens (tertiary/aromatic N) is 6. The molecule has 12 heteroatoms. The Morgan fingerprint density at radius 3 is 2.59 bits per heavy atom. The second kappa shape index (κ2) is 11.3. The number of halogens is 2. The van der Waals surface area contributed by atoms with E-state index in [2.05, 4.69) is 52.0 Å². The normalized spacial score (nSPS) is 14.7. The van der Waals surface area contributed by atoms with Crippen molar-refractivity contribution in [2.45, 2.75) is 13.8 Å². The molecule has 3 N–H and O–H groups in total. The summed E-state index contributed by atoms with van der Waals surface area (Å²) in [5, 5.41) is 10.3. The molecule has 0 amide bonds. The van der Waals surface area contributed by atoms with E-state index in [1.165, 1.54) is 0 Å². The molecule has 202 valence electrons. The first-order valence-electron chi connectivity index (χ1n) is 12.4. The fourth-order valence-corrected chi connectivity index (χ4v) is 4.45. The lowest BCUT2D eigenvalue weighted by molar-refractivity contribution is 0.308. The van der Waals surface area contributed by atoms with E-state index >= 15 is 4.39 Å². The largest absolute Gasteiger partial charge is 0.468 e. The molecular weight excluding hydrogens is 504 g/mol. The third-order valence-corrected chi connectivity index (χ3v) is 6.38. The van der Waals surface area contributed by atoms with Gasteiger partial charge in [0.1, 0.15) is 11.7 Å². The van der Waals surface area contributed by atoms with E-state index < -0.39 is 11.6 Å². The molecule has 0 saturated carbocycles. The van der Waals surface area contributed by atoms with Crippen LogP contribution in [0.3, 0.4) is 0 Å². The van der Waals surface area contributed by atoms with Crippen molar-refractivity contribution in [1.29, 1.82) is 0 Å². The molecule has 1 aromatic carbocycles. The molecule has 0 bridgehead atoms. The van der Waals surface area contributed by atoms with Gasteiger partial charge in [-0.05, 0) is 38.8 Å². The fourth-order valence-electron chi connectivity index (χ4n) is 4.45. The molecule has 4 aromatic rings. The smallest absolute Gasteiger partial charge is 0.181 e. The predicted molar refractivity (Wildman–Crippen MR) is 148 cm³/mol. The molecule has 1 saturated heterocycles. The second-order valence-corrected chi connectivity index (χ2v) is 9.13. The van der Waals surface area contributed by atoms with Crippen LogP contribution in [-0.2, 0) is 0 Å². The van der Waals surface area contributed by atoms with Crippen molar-refractivity contribution in [3.05, 3.63) is 77.6 Å². The lowest BCUT2D eigenvalue weighted by Crippen LogP contribution is -2.48. The molecule has 0 radical (unpaired) electrons. The number of amidine groups is 1. The van der Waals surface area contributed by atoms with Crippen molar-refractivity contribution >= 4 is 35.0 Å². The summed E-state index contributed by atoms with van der Waals surface area (Å²) in [6.07, 6.45) is 5.28. The number of anilines is 2. The third kappa shape index (κ3) is 5.89. The van der Waals surface area contributed by atoms with E-state index in [4.69, 9.17) is 4.74 Å². The van der Waals surface area contributed by atoms with Crippen LogP contribution < -0.4 is 15.0 Å². The number of benzene rings is 1.